The van der Waals surface area contributed by atoms with E-state index in [1.54, 1.807) is 4.40 Å². The summed E-state index contributed by atoms with van der Waals surface area (Å²) in [5.41, 5.74) is 11.7. The lowest BCUT2D eigenvalue weighted by Gasteiger charge is -2.22. The second-order valence-corrected chi connectivity index (χ2v) is 16.3. The SMILES string of the molecule is C=C/C=c1\c(=C)c(=C)/c(=C\C=C)c2c(-c3ccccc3)c3c(c(-c4ccccc4)c12)-c1ccc2c4ccc5c(=O)n6c7ccccc7nc6c6ccc(c7ccc-3c1c27)c4c56. The van der Waals surface area contributed by atoms with E-state index >= 15 is 0 Å². The lowest BCUT2D eigenvalue weighted by atomic mass is 9.80. The summed E-state index contributed by atoms with van der Waals surface area (Å²) in [6, 6.07) is 47.4. The van der Waals surface area contributed by atoms with Crippen LogP contribution < -0.4 is 26.4 Å². The highest BCUT2D eigenvalue weighted by molar-refractivity contribution is 6.41. The van der Waals surface area contributed by atoms with Gasteiger partial charge in [0.1, 0.15) is 5.65 Å². The lowest BCUT2D eigenvalue weighted by Crippen LogP contribution is -2.47. The van der Waals surface area contributed by atoms with E-state index < -0.39 is 0 Å². The first-order valence-corrected chi connectivity index (χ1v) is 20.6. The van der Waals surface area contributed by atoms with Crippen molar-refractivity contribution in [2.75, 3.05) is 0 Å². The van der Waals surface area contributed by atoms with Crippen molar-refractivity contribution in [1.82, 2.24) is 9.38 Å². The Hall–Kier alpha value is -8.14. The zero-order valence-corrected chi connectivity index (χ0v) is 33.1. The van der Waals surface area contributed by atoms with Gasteiger partial charge in [0.15, 0.2) is 0 Å². The molecule has 10 aromatic carbocycles. The average molecular weight is 775 g/mol. The molecule has 3 heteroatoms. The fourth-order valence-electron chi connectivity index (χ4n) is 11.0. The summed E-state index contributed by atoms with van der Waals surface area (Å²) in [7, 11) is 0. The molecule has 0 radical (unpaired) electrons. The number of aromatic nitrogens is 2. The summed E-state index contributed by atoms with van der Waals surface area (Å²) in [4.78, 5) is 19.4. The van der Waals surface area contributed by atoms with Gasteiger partial charge in [-0.15, -0.1) is 0 Å². The van der Waals surface area contributed by atoms with E-state index in [2.05, 4.69) is 142 Å². The third kappa shape index (κ3) is 4.12. The predicted molar refractivity (Wildman–Crippen MR) is 261 cm³/mol. The first-order valence-electron chi connectivity index (χ1n) is 20.6. The Bertz CT molecular complexity index is 4120. The number of rotatable bonds is 4. The second-order valence-electron chi connectivity index (χ2n) is 16.3. The van der Waals surface area contributed by atoms with E-state index in [-0.39, 0.29) is 5.56 Å². The van der Waals surface area contributed by atoms with Crippen LogP contribution in [0.4, 0.5) is 0 Å². The van der Waals surface area contributed by atoms with Crippen LogP contribution in [0, 0.1) is 0 Å². The van der Waals surface area contributed by atoms with Crippen LogP contribution in [-0.4, -0.2) is 9.38 Å². The van der Waals surface area contributed by atoms with E-state index in [1.807, 2.05) is 42.5 Å². The van der Waals surface area contributed by atoms with Gasteiger partial charge in [-0.1, -0.05) is 160 Å². The molecule has 0 N–H and O–H groups in total. The molecule has 1 aliphatic carbocycles. The van der Waals surface area contributed by atoms with Crippen molar-refractivity contribution in [3.05, 3.63) is 190 Å². The van der Waals surface area contributed by atoms with Crippen molar-refractivity contribution in [3.63, 3.8) is 0 Å². The van der Waals surface area contributed by atoms with Crippen LogP contribution >= 0.6 is 0 Å². The maximum atomic E-state index is 14.4. The van der Waals surface area contributed by atoms with Gasteiger partial charge in [-0.3, -0.25) is 9.20 Å². The molecule has 2 aromatic heterocycles. The fraction of sp³-hybridized carbons (Fsp3) is 0. The van der Waals surface area contributed by atoms with Crippen molar-refractivity contribution in [2.24, 2.45) is 0 Å². The van der Waals surface area contributed by atoms with E-state index in [1.165, 1.54) is 43.8 Å². The smallest absolute Gasteiger partial charge is 0.264 e. The Morgan fingerprint density at radius 2 is 0.885 bits per heavy atom. The Balaban J connectivity index is 1.27. The first-order chi connectivity index (χ1) is 30.0. The Morgan fingerprint density at radius 3 is 1.43 bits per heavy atom. The third-order valence-electron chi connectivity index (χ3n) is 13.4. The van der Waals surface area contributed by atoms with Crippen LogP contribution in [0.2, 0.25) is 0 Å². The van der Waals surface area contributed by atoms with Crippen LogP contribution in [0.3, 0.4) is 0 Å². The summed E-state index contributed by atoms with van der Waals surface area (Å²) in [6.45, 7) is 17.7. The van der Waals surface area contributed by atoms with Gasteiger partial charge in [-0.05, 0) is 138 Å². The highest BCUT2D eigenvalue weighted by atomic mass is 16.1. The molecule has 0 unspecified atom stereocenters. The van der Waals surface area contributed by atoms with Crippen molar-refractivity contribution in [2.45, 2.75) is 0 Å². The molecule has 0 aliphatic heterocycles. The number of fused-ring (bicyclic) bond motifs is 10. The number of benzene rings is 10. The summed E-state index contributed by atoms with van der Waals surface area (Å²) in [5.74, 6) is 0. The lowest BCUT2D eigenvalue weighted by molar-refractivity contribution is 1.19. The quantitative estimate of drug-likeness (QED) is 0.132. The normalized spacial score (nSPS) is 13.1. The maximum Gasteiger partial charge on any atom is 0.264 e. The Morgan fingerprint density at radius 1 is 0.443 bits per heavy atom. The molecular weight excluding hydrogens is 741 g/mol. The molecule has 0 saturated heterocycles. The number of allylic oxidation sites excluding steroid dienone is 2. The van der Waals surface area contributed by atoms with Crippen LogP contribution in [0.1, 0.15) is 0 Å². The molecule has 12 aromatic rings. The highest BCUT2D eigenvalue weighted by Gasteiger charge is 2.33. The average Bonchev–Trinajstić information content (AvgIpc) is 3.86. The fourth-order valence-corrected chi connectivity index (χ4v) is 11.0. The minimum absolute atomic E-state index is 0.0409. The van der Waals surface area contributed by atoms with Crippen LogP contribution in [0.5, 0.6) is 0 Å². The zero-order chi connectivity index (χ0) is 40.8. The largest absolute Gasteiger partial charge is 0.268 e. The molecule has 0 amide bonds. The molecule has 0 spiro atoms. The van der Waals surface area contributed by atoms with Crippen molar-refractivity contribution < 1.29 is 0 Å². The number of pyridine rings is 1. The third-order valence-corrected chi connectivity index (χ3v) is 13.4. The minimum atomic E-state index is -0.0409. The predicted octanol–water partition coefficient (Wildman–Crippen LogP) is 11.4. The maximum absolute atomic E-state index is 14.4. The van der Waals surface area contributed by atoms with E-state index in [9.17, 15) is 4.79 Å². The van der Waals surface area contributed by atoms with E-state index in [0.29, 0.717) is 11.0 Å². The van der Waals surface area contributed by atoms with Crippen molar-refractivity contribution in [1.29, 1.82) is 0 Å². The van der Waals surface area contributed by atoms with E-state index in [4.69, 9.17) is 4.98 Å². The Kier molecular flexibility index (Phi) is 6.63. The number of nitrogens with zero attached hydrogens (tertiary/aromatic N) is 2. The van der Waals surface area contributed by atoms with Crippen LogP contribution in [-0.2, 0) is 0 Å². The van der Waals surface area contributed by atoms with Crippen LogP contribution in [0.25, 0.3) is 151 Å². The topological polar surface area (TPSA) is 34.4 Å². The number of hydrogen-bond acceptors (Lipinski definition) is 2. The molecule has 0 fully saturated rings. The Labute approximate surface area is 349 Å². The molecule has 0 saturated carbocycles. The van der Waals surface area contributed by atoms with Gasteiger partial charge >= 0.3 is 0 Å². The van der Waals surface area contributed by atoms with Gasteiger partial charge < -0.3 is 0 Å². The molecule has 0 atom stereocenters. The summed E-state index contributed by atoms with van der Waals surface area (Å²) < 4.78 is 1.79. The molecular formula is C58H34N2O. The monoisotopic (exact) mass is 774 g/mol. The zero-order valence-electron chi connectivity index (χ0n) is 33.1. The van der Waals surface area contributed by atoms with Gasteiger partial charge in [-0.2, -0.15) is 0 Å². The van der Waals surface area contributed by atoms with Crippen LogP contribution in [0.15, 0.2) is 164 Å². The standard InChI is InChI=1S/C58H34N2O/c1-5-15-35-31(3)32(4)36(16-6-2)54-48(34-19-11-8-12-20-34)56-42-28-24-38-40-26-30-44-52-43(57-59-45-21-13-14-22-46(45)60(57)58(44)61)29-25-39(50(40)52)37-23-27-41(51(42)49(37)38)55(56)47(53(35)54)33-17-9-7-10-18-33/h5-30H,1-4H2/b35-15+,36-16+. The molecule has 61 heavy (non-hydrogen) atoms. The molecule has 3 nitrogen and oxygen atoms in total. The molecule has 0 bridgehead atoms. The van der Waals surface area contributed by atoms with Gasteiger partial charge in [0, 0.05) is 16.2 Å². The molecule has 13 rings (SSSR count). The highest BCUT2D eigenvalue weighted by Crippen LogP contribution is 2.59. The van der Waals surface area contributed by atoms with Crippen molar-refractivity contribution >= 4 is 107 Å². The first kappa shape index (κ1) is 33.8. The number of para-hydroxylation sites is 2. The summed E-state index contributed by atoms with van der Waals surface area (Å²) >= 11 is 0. The van der Waals surface area contributed by atoms with Gasteiger partial charge in [0.05, 0.1) is 11.0 Å². The van der Waals surface area contributed by atoms with Crippen molar-refractivity contribution in [3.8, 4) is 44.5 Å². The van der Waals surface area contributed by atoms with Gasteiger partial charge in [0.2, 0.25) is 0 Å². The summed E-state index contributed by atoms with van der Waals surface area (Å²) in [5, 5.41) is 16.8. The van der Waals surface area contributed by atoms with Gasteiger partial charge in [0.25, 0.3) is 5.56 Å². The van der Waals surface area contributed by atoms with Gasteiger partial charge in [-0.25, -0.2) is 4.98 Å². The van der Waals surface area contributed by atoms with E-state index in [0.717, 1.165) is 91.9 Å². The molecule has 282 valence electrons. The molecule has 2 heterocycles. The second kappa shape index (κ2) is 12.0. The number of hydrogen-bond donors (Lipinski definition) is 0. The number of imidazole rings is 1. The summed E-state index contributed by atoms with van der Waals surface area (Å²) in [6.07, 6.45) is 7.91. The molecule has 1 aliphatic rings. The minimum Gasteiger partial charge on any atom is -0.268 e.